The molecule has 6 heteroatoms. The molecule has 0 aliphatic carbocycles. The van der Waals surface area contributed by atoms with Crippen molar-refractivity contribution >= 4 is 23.0 Å². The molecular formula is C15H14F2N2O2. The molecule has 2 aromatic rings. The maximum atomic E-state index is 13.8. The van der Waals surface area contributed by atoms with Gasteiger partial charge in [-0.1, -0.05) is 0 Å². The molecule has 0 radical (unpaired) electrons. The first-order valence-corrected chi connectivity index (χ1v) is 6.13. The number of halogens is 2. The van der Waals surface area contributed by atoms with Gasteiger partial charge in [-0.05, 0) is 36.8 Å². The largest absolute Gasteiger partial charge is 0.465 e. The molecule has 0 saturated heterocycles. The molecule has 110 valence electrons. The molecule has 0 unspecified atom stereocenters. The lowest BCUT2D eigenvalue weighted by atomic mass is 10.1. The van der Waals surface area contributed by atoms with Gasteiger partial charge in [0.15, 0.2) is 0 Å². The Balaban J connectivity index is 2.32. The van der Waals surface area contributed by atoms with Crippen LogP contribution in [0, 0.1) is 18.6 Å². The number of methoxy groups -OCH3 is 1. The normalized spacial score (nSPS) is 10.3. The number of carbonyl (C=O) groups excluding carboxylic acids is 1. The number of esters is 1. The number of carbonyl (C=O) groups is 1. The molecule has 0 aromatic heterocycles. The van der Waals surface area contributed by atoms with Crippen molar-refractivity contribution in [2.75, 3.05) is 18.2 Å². The van der Waals surface area contributed by atoms with E-state index >= 15 is 0 Å². The van der Waals surface area contributed by atoms with Gasteiger partial charge in [0, 0.05) is 6.07 Å². The second-order valence-electron chi connectivity index (χ2n) is 4.50. The van der Waals surface area contributed by atoms with Crippen molar-refractivity contribution in [2.45, 2.75) is 6.92 Å². The van der Waals surface area contributed by atoms with Crippen molar-refractivity contribution in [3.8, 4) is 0 Å². The van der Waals surface area contributed by atoms with Gasteiger partial charge in [0.25, 0.3) is 0 Å². The zero-order chi connectivity index (χ0) is 15.6. The minimum atomic E-state index is -0.592. The number of nitrogens with one attached hydrogen (secondary N) is 1. The molecule has 2 aromatic carbocycles. The number of benzene rings is 2. The summed E-state index contributed by atoms with van der Waals surface area (Å²) < 4.78 is 31.8. The van der Waals surface area contributed by atoms with Crippen LogP contribution in [0.15, 0.2) is 30.3 Å². The summed E-state index contributed by atoms with van der Waals surface area (Å²) in [5.74, 6) is -1.64. The molecule has 0 aliphatic rings. The predicted molar refractivity (Wildman–Crippen MR) is 76.6 cm³/mol. The Hall–Kier alpha value is -2.63. The third kappa shape index (κ3) is 3.10. The third-order valence-corrected chi connectivity index (χ3v) is 2.99. The Bertz CT molecular complexity index is 702. The van der Waals surface area contributed by atoms with Gasteiger partial charge in [0.2, 0.25) is 0 Å². The van der Waals surface area contributed by atoms with E-state index in [-0.39, 0.29) is 22.5 Å². The third-order valence-electron chi connectivity index (χ3n) is 2.99. The zero-order valence-corrected chi connectivity index (χ0v) is 11.5. The molecule has 0 fully saturated rings. The molecular weight excluding hydrogens is 278 g/mol. The van der Waals surface area contributed by atoms with Gasteiger partial charge < -0.3 is 15.8 Å². The van der Waals surface area contributed by atoms with Crippen molar-refractivity contribution in [3.63, 3.8) is 0 Å². The molecule has 21 heavy (non-hydrogen) atoms. The van der Waals surface area contributed by atoms with E-state index in [1.807, 2.05) is 0 Å². The lowest BCUT2D eigenvalue weighted by Crippen LogP contribution is -2.04. The predicted octanol–water partition coefficient (Wildman–Crippen LogP) is 3.39. The van der Waals surface area contributed by atoms with E-state index in [0.29, 0.717) is 5.69 Å². The summed E-state index contributed by atoms with van der Waals surface area (Å²) in [6, 6.07) is 6.53. The Morgan fingerprint density at radius 2 is 1.86 bits per heavy atom. The highest BCUT2D eigenvalue weighted by Gasteiger charge is 2.11. The molecule has 3 N–H and O–H groups in total. The topological polar surface area (TPSA) is 64.3 Å². The summed E-state index contributed by atoms with van der Waals surface area (Å²) in [5, 5.41) is 2.70. The Morgan fingerprint density at radius 1 is 1.14 bits per heavy atom. The fourth-order valence-corrected chi connectivity index (χ4v) is 1.81. The summed E-state index contributed by atoms with van der Waals surface area (Å²) in [4.78, 5) is 11.4. The van der Waals surface area contributed by atoms with Crippen LogP contribution < -0.4 is 11.1 Å². The van der Waals surface area contributed by atoms with Crippen LogP contribution in [0.4, 0.5) is 25.8 Å². The highest BCUT2D eigenvalue weighted by molar-refractivity contribution is 5.92. The van der Waals surface area contributed by atoms with Gasteiger partial charge in [-0.3, -0.25) is 0 Å². The van der Waals surface area contributed by atoms with Crippen LogP contribution >= 0.6 is 0 Å². The SMILES string of the molecule is COC(=O)c1ccc(Nc2cc(F)c(C)cc2F)c(N)c1. The van der Waals surface area contributed by atoms with Crippen LogP contribution in [0.5, 0.6) is 0 Å². The summed E-state index contributed by atoms with van der Waals surface area (Å²) in [6.07, 6.45) is 0. The molecule has 0 heterocycles. The van der Waals surface area contributed by atoms with Gasteiger partial charge in [-0.2, -0.15) is 0 Å². The summed E-state index contributed by atoms with van der Waals surface area (Å²) in [6.45, 7) is 1.47. The van der Waals surface area contributed by atoms with E-state index in [2.05, 4.69) is 10.1 Å². The number of ether oxygens (including phenoxy) is 1. The van der Waals surface area contributed by atoms with Crippen molar-refractivity contribution < 1.29 is 18.3 Å². The lowest BCUT2D eigenvalue weighted by Gasteiger charge is -2.12. The Labute approximate surface area is 120 Å². The van der Waals surface area contributed by atoms with Gasteiger partial charge in [0.1, 0.15) is 11.6 Å². The number of nitrogens with two attached hydrogens (primary N) is 1. The zero-order valence-electron chi connectivity index (χ0n) is 11.5. The number of hydrogen-bond acceptors (Lipinski definition) is 4. The van der Waals surface area contributed by atoms with E-state index < -0.39 is 17.6 Å². The number of aryl methyl sites for hydroxylation is 1. The smallest absolute Gasteiger partial charge is 0.337 e. The van der Waals surface area contributed by atoms with Crippen molar-refractivity contribution in [2.24, 2.45) is 0 Å². The fourth-order valence-electron chi connectivity index (χ4n) is 1.81. The molecule has 0 bridgehead atoms. The number of anilines is 3. The Kier molecular flexibility index (Phi) is 4.07. The fraction of sp³-hybridized carbons (Fsp3) is 0.133. The molecule has 0 amide bonds. The van der Waals surface area contributed by atoms with Gasteiger partial charge in [-0.15, -0.1) is 0 Å². The van der Waals surface area contributed by atoms with E-state index in [0.717, 1.165) is 12.1 Å². The molecule has 4 nitrogen and oxygen atoms in total. The molecule has 0 aliphatic heterocycles. The minimum Gasteiger partial charge on any atom is -0.465 e. The summed E-state index contributed by atoms with van der Waals surface area (Å²) >= 11 is 0. The summed E-state index contributed by atoms with van der Waals surface area (Å²) in [5.41, 5.74) is 6.84. The average molecular weight is 292 g/mol. The molecule has 0 spiro atoms. The van der Waals surface area contributed by atoms with Crippen LogP contribution in [0.3, 0.4) is 0 Å². The first-order valence-electron chi connectivity index (χ1n) is 6.13. The first-order chi connectivity index (χ1) is 9.92. The second-order valence-corrected chi connectivity index (χ2v) is 4.50. The number of hydrogen-bond donors (Lipinski definition) is 2. The van der Waals surface area contributed by atoms with Crippen LogP contribution in [0.1, 0.15) is 15.9 Å². The van der Waals surface area contributed by atoms with Gasteiger partial charge in [-0.25, -0.2) is 13.6 Å². The lowest BCUT2D eigenvalue weighted by molar-refractivity contribution is 0.0601. The van der Waals surface area contributed by atoms with E-state index in [1.54, 1.807) is 0 Å². The van der Waals surface area contributed by atoms with Crippen molar-refractivity contribution in [1.29, 1.82) is 0 Å². The maximum Gasteiger partial charge on any atom is 0.337 e. The van der Waals surface area contributed by atoms with E-state index in [1.165, 1.54) is 32.2 Å². The number of nitrogen functional groups attached to an aromatic ring is 1. The minimum absolute atomic E-state index is 0.0318. The standard InChI is InChI=1S/C15H14F2N2O2/c1-8-5-11(17)14(7-10(8)16)19-13-4-3-9(6-12(13)18)15(20)21-2/h3-7,19H,18H2,1-2H3. The van der Waals surface area contributed by atoms with E-state index in [9.17, 15) is 13.6 Å². The van der Waals surface area contributed by atoms with Crippen LogP contribution in [0.25, 0.3) is 0 Å². The van der Waals surface area contributed by atoms with E-state index in [4.69, 9.17) is 5.73 Å². The summed E-state index contributed by atoms with van der Waals surface area (Å²) in [7, 11) is 1.26. The quantitative estimate of drug-likeness (QED) is 0.672. The van der Waals surface area contributed by atoms with Crippen LogP contribution in [-0.4, -0.2) is 13.1 Å². The monoisotopic (exact) mass is 292 g/mol. The van der Waals surface area contributed by atoms with Crippen molar-refractivity contribution in [1.82, 2.24) is 0 Å². The average Bonchev–Trinajstić information content (AvgIpc) is 2.45. The van der Waals surface area contributed by atoms with Gasteiger partial charge in [0.05, 0.1) is 29.7 Å². The van der Waals surface area contributed by atoms with Crippen LogP contribution in [0.2, 0.25) is 0 Å². The van der Waals surface area contributed by atoms with Crippen molar-refractivity contribution in [3.05, 3.63) is 53.1 Å². The maximum absolute atomic E-state index is 13.8. The molecule has 0 atom stereocenters. The van der Waals surface area contributed by atoms with Crippen LogP contribution in [-0.2, 0) is 4.74 Å². The highest BCUT2D eigenvalue weighted by Crippen LogP contribution is 2.27. The highest BCUT2D eigenvalue weighted by atomic mass is 19.1. The molecule has 2 rings (SSSR count). The second kappa shape index (κ2) is 5.78. The number of rotatable bonds is 3. The first kappa shape index (κ1) is 14.8. The molecule has 0 saturated carbocycles. The Morgan fingerprint density at radius 3 is 2.48 bits per heavy atom. The van der Waals surface area contributed by atoms with Gasteiger partial charge >= 0.3 is 5.97 Å².